The maximum atomic E-state index is 11.9. The predicted molar refractivity (Wildman–Crippen MR) is 82.6 cm³/mol. The quantitative estimate of drug-likeness (QED) is 0.763. The summed E-state index contributed by atoms with van der Waals surface area (Å²) < 4.78 is 16.1. The second-order valence-corrected chi connectivity index (χ2v) is 6.86. The van der Waals surface area contributed by atoms with Gasteiger partial charge in [-0.05, 0) is 47.5 Å². The van der Waals surface area contributed by atoms with Crippen molar-refractivity contribution < 1.29 is 23.8 Å². The summed E-state index contributed by atoms with van der Waals surface area (Å²) in [7, 11) is 0. The number of hydrogen-bond acceptors (Lipinski definition) is 5. The van der Waals surface area contributed by atoms with E-state index in [-0.39, 0.29) is 6.10 Å². The third-order valence-electron chi connectivity index (χ3n) is 3.27. The molecule has 6 heteroatoms. The molecule has 0 saturated heterocycles. The summed E-state index contributed by atoms with van der Waals surface area (Å²) in [6.45, 7) is 9.02. The number of carbonyl (C=O) groups is 2. The van der Waals surface area contributed by atoms with Crippen LogP contribution in [-0.4, -0.2) is 42.5 Å². The molecule has 0 spiro atoms. The second kappa shape index (κ2) is 8.36. The van der Waals surface area contributed by atoms with Crippen LogP contribution in [0.3, 0.4) is 0 Å². The van der Waals surface area contributed by atoms with Gasteiger partial charge in [0.25, 0.3) is 0 Å². The van der Waals surface area contributed by atoms with Gasteiger partial charge in [-0.15, -0.1) is 0 Å². The Balaban J connectivity index is 2.25. The molecule has 0 aromatic rings. The molecule has 1 aliphatic rings. The maximum Gasteiger partial charge on any atom is 0.408 e. The summed E-state index contributed by atoms with van der Waals surface area (Å²) in [6.07, 6.45) is 3.89. The van der Waals surface area contributed by atoms with Crippen molar-refractivity contribution in [1.29, 1.82) is 0 Å². The first-order chi connectivity index (χ1) is 10.2. The van der Waals surface area contributed by atoms with Crippen molar-refractivity contribution in [3.8, 4) is 0 Å². The van der Waals surface area contributed by atoms with E-state index in [9.17, 15) is 9.59 Å². The standard InChI is InChI=1S/C16H29NO5/c1-11(10-20-13-8-6-7-9-13)21-14(18)12(2)17-15(19)22-16(3,4)5/h11-13H,6-10H2,1-5H3,(H,17,19)/t11-,12-/m0/s1. The van der Waals surface area contributed by atoms with Gasteiger partial charge in [0.05, 0.1) is 12.7 Å². The third kappa shape index (κ3) is 7.64. The van der Waals surface area contributed by atoms with E-state index in [1.165, 1.54) is 12.8 Å². The average molecular weight is 315 g/mol. The Bertz CT molecular complexity index is 371. The SMILES string of the molecule is C[C@H](NC(=O)OC(C)(C)C)C(=O)O[C@@H](C)COC1CCCC1. The Morgan fingerprint density at radius 3 is 2.32 bits per heavy atom. The Hall–Kier alpha value is -1.30. The largest absolute Gasteiger partial charge is 0.459 e. The van der Waals surface area contributed by atoms with E-state index in [0.717, 1.165) is 12.8 Å². The summed E-state index contributed by atoms with van der Waals surface area (Å²) >= 11 is 0. The van der Waals surface area contributed by atoms with E-state index in [1.54, 1.807) is 34.6 Å². The molecule has 1 aliphatic carbocycles. The molecule has 0 bridgehead atoms. The minimum atomic E-state index is -0.760. The number of carbonyl (C=O) groups excluding carboxylic acids is 2. The number of nitrogens with one attached hydrogen (secondary N) is 1. The average Bonchev–Trinajstić information content (AvgIpc) is 2.86. The molecule has 1 saturated carbocycles. The molecule has 1 rings (SSSR count). The zero-order valence-corrected chi connectivity index (χ0v) is 14.3. The van der Waals surface area contributed by atoms with Gasteiger partial charge in [0.2, 0.25) is 0 Å². The Kier molecular flexibility index (Phi) is 7.13. The van der Waals surface area contributed by atoms with Crippen LogP contribution in [-0.2, 0) is 19.0 Å². The molecule has 0 radical (unpaired) electrons. The van der Waals surface area contributed by atoms with Crippen molar-refractivity contribution in [3.05, 3.63) is 0 Å². The van der Waals surface area contributed by atoms with E-state index >= 15 is 0 Å². The maximum absolute atomic E-state index is 11.9. The summed E-state index contributed by atoms with van der Waals surface area (Å²) in [4.78, 5) is 23.5. The lowest BCUT2D eigenvalue weighted by atomic mass is 10.2. The van der Waals surface area contributed by atoms with Crippen LogP contribution in [0.4, 0.5) is 4.79 Å². The Morgan fingerprint density at radius 2 is 1.77 bits per heavy atom. The fraction of sp³-hybridized carbons (Fsp3) is 0.875. The van der Waals surface area contributed by atoms with Crippen LogP contribution >= 0.6 is 0 Å². The normalized spacial score (nSPS) is 18.6. The van der Waals surface area contributed by atoms with Gasteiger partial charge in [0, 0.05) is 0 Å². The lowest BCUT2D eigenvalue weighted by Crippen LogP contribution is -2.43. The number of rotatable bonds is 6. The van der Waals surface area contributed by atoms with Crippen molar-refractivity contribution >= 4 is 12.1 Å². The molecule has 0 heterocycles. The fourth-order valence-electron chi connectivity index (χ4n) is 2.20. The first-order valence-corrected chi connectivity index (χ1v) is 7.99. The molecule has 0 aliphatic heterocycles. The van der Waals surface area contributed by atoms with Gasteiger partial charge in [0.1, 0.15) is 17.7 Å². The van der Waals surface area contributed by atoms with Crippen LogP contribution in [0, 0.1) is 0 Å². The van der Waals surface area contributed by atoms with E-state index < -0.39 is 23.7 Å². The molecule has 22 heavy (non-hydrogen) atoms. The van der Waals surface area contributed by atoms with Gasteiger partial charge in [-0.2, -0.15) is 0 Å². The fourth-order valence-corrected chi connectivity index (χ4v) is 2.20. The van der Waals surface area contributed by atoms with Gasteiger partial charge in [-0.1, -0.05) is 12.8 Å². The summed E-state index contributed by atoms with van der Waals surface area (Å²) in [5.74, 6) is -0.492. The molecule has 0 aromatic carbocycles. The van der Waals surface area contributed by atoms with E-state index in [0.29, 0.717) is 12.7 Å². The van der Waals surface area contributed by atoms with Crippen LogP contribution < -0.4 is 5.32 Å². The van der Waals surface area contributed by atoms with Gasteiger partial charge < -0.3 is 19.5 Å². The first-order valence-electron chi connectivity index (χ1n) is 7.99. The Labute approximate surface area is 132 Å². The molecule has 1 fully saturated rings. The third-order valence-corrected chi connectivity index (χ3v) is 3.27. The number of alkyl carbamates (subject to hydrolysis) is 1. The van der Waals surface area contributed by atoms with E-state index in [1.807, 2.05) is 0 Å². The van der Waals surface area contributed by atoms with Crippen molar-refractivity contribution in [2.45, 2.75) is 84.2 Å². The van der Waals surface area contributed by atoms with Crippen molar-refractivity contribution in [3.63, 3.8) is 0 Å². The lowest BCUT2D eigenvalue weighted by Gasteiger charge is -2.22. The molecule has 2 atom stereocenters. The van der Waals surface area contributed by atoms with Gasteiger partial charge in [0.15, 0.2) is 0 Å². The lowest BCUT2D eigenvalue weighted by molar-refractivity contribution is -0.154. The summed E-state index contributed by atoms with van der Waals surface area (Å²) in [5, 5.41) is 2.46. The highest BCUT2D eigenvalue weighted by atomic mass is 16.6. The van der Waals surface area contributed by atoms with E-state index in [4.69, 9.17) is 14.2 Å². The number of ether oxygens (including phenoxy) is 3. The molecule has 0 aromatic heterocycles. The second-order valence-electron chi connectivity index (χ2n) is 6.86. The molecule has 0 unspecified atom stereocenters. The van der Waals surface area contributed by atoms with Crippen LogP contribution in [0.2, 0.25) is 0 Å². The zero-order valence-electron chi connectivity index (χ0n) is 14.3. The topological polar surface area (TPSA) is 73.9 Å². The summed E-state index contributed by atoms with van der Waals surface area (Å²) in [6, 6.07) is -0.760. The number of esters is 1. The Morgan fingerprint density at radius 1 is 1.18 bits per heavy atom. The van der Waals surface area contributed by atoms with Gasteiger partial charge >= 0.3 is 12.1 Å². The van der Waals surface area contributed by atoms with Gasteiger partial charge in [-0.25, -0.2) is 9.59 Å². The number of amides is 1. The minimum absolute atomic E-state index is 0.290. The molecular formula is C16H29NO5. The monoisotopic (exact) mass is 315 g/mol. The highest BCUT2D eigenvalue weighted by Crippen LogP contribution is 2.21. The van der Waals surface area contributed by atoms with Crippen LogP contribution in [0.25, 0.3) is 0 Å². The van der Waals surface area contributed by atoms with Crippen LogP contribution in [0.15, 0.2) is 0 Å². The number of hydrogen-bond donors (Lipinski definition) is 1. The minimum Gasteiger partial charge on any atom is -0.459 e. The van der Waals surface area contributed by atoms with Crippen molar-refractivity contribution in [2.24, 2.45) is 0 Å². The highest BCUT2D eigenvalue weighted by molar-refractivity contribution is 5.81. The molecule has 1 N–H and O–H groups in total. The summed E-state index contributed by atoms with van der Waals surface area (Å²) in [5.41, 5.74) is -0.601. The van der Waals surface area contributed by atoms with E-state index in [2.05, 4.69) is 5.32 Å². The zero-order chi connectivity index (χ0) is 16.8. The van der Waals surface area contributed by atoms with Crippen LogP contribution in [0.1, 0.15) is 60.3 Å². The van der Waals surface area contributed by atoms with Crippen LogP contribution in [0.5, 0.6) is 0 Å². The van der Waals surface area contributed by atoms with Crippen molar-refractivity contribution in [2.75, 3.05) is 6.61 Å². The molecule has 6 nitrogen and oxygen atoms in total. The molecular weight excluding hydrogens is 286 g/mol. The predicted octanol–water partition coefficient (Wildman–Crippen LogP) is 2.79. The van der Waals surface area contributed by atoms with Gasteiger partial charge in [-0.3, -0.25) is 0 Å². The molecule has 1 amide bonds. The molecule has 128 valence electrons. The highest BCUT2D eigenvalue weighted by Gasteiger charge is 2.24. The first kappa shape index (κ1) is 18.7. The smallest absolute Gasteiger partial charge is 0.408 e. The van der Waals surface area contributed by atoms with Crippen molar-refractivity contribution in [1.82, 2.24) is 5.32 Å².